The summed E-state index contributed by atoms with van der Waals surface area (Å²) in [5, 5.41) is 9.11. The number of rotatable bonds is 5. The molecule has 0 atom stereocenters. The molecule has 0 aromatic heterocycles. The van der Waals surface area contributed by atoms with E-state index in [0.717, 1.165) is 4.90 Å². The Hall–Kier alpha value is -2.10. The Morgan fingerprint density at radius 1 is 1.28 bits per heavy atom. The molecule has 1 aliphatic rings. The molecule has 1 saturated carbocycles. The Balaban J connectivity index is 2.85. The highest BCUT2D eigenvalue weighted by Gasteiger charge is 2.51. The van der Waals surface area contributed by atoms with E-state index >= 15 is 0 Å². The fourth-order valence-electron chi connectivity index (χ4n) is 2.32. The number of amides is 3. The van der Waals surface area contributed by atoms with Crippen LogP contribution in [0.3, 0.4) is 0 Å². The molecule has 1 fully saturated rings. The van der Waals surface area contributed by atoms with E-state index in [4.69, 9.17) is 16.7 Å². The number of carbonyl (C=O) groups is 3. The van der Waals surface area contributed by atoms with Gasteiger partial charge >= 0.3 is 0 Å². The fraction of sp³-hybridized carbons (Fsp3) is 0.636. The molecule has 98 valence electrons. The molecular weight excluding hydrogens is 236 g/mol. The molecule has 0 aromatic rings. The van der Waals surface area contributed by atoms with E-state index < -0.39 is 36.2 Å². The van der Waals surface area contributed by atoms with Crippen LogP contribution in [0.2, 0.25) is 0 Å². The van der Waals surface area contributed by atoms with Crippen LogP contribution in [0.5, 0.6) is 0 Å². The van der Waals surface area contributed by atoms with E-state index in [1.807, 2.05) is 13.0 Å². The first kappa shape index (κ1) is 14.0. The van der Waals surface area contributed by atoms with E-state index in [9.17, 15) is 14.4 Å². The number of carbonyl (C=O) groups excluding carboxylic acids is 3. The molecule has 0 unspecified atom stereocenters. The van der Waals surface area contributed by atoms with Crippen LogP contribution in [0, 0.1) is 22.7 Å². The summed E-state index contributed by atoms with van der Waals surface area (Å²) in [5.41, 5.74) is 8.89. The molecule has 0 bridgehead atoms. The van der Waals surface area contributed by atoms with Gasteiger partial charge in [-0.3, -0.25) is 14.4 Å². The van der Waals surface area contributed by atoms with Crippen molar-refractivity contribution in [3.05, 3.63) is 0 Å². The van der Waals surface area contributed by atoms with Gasteiger partial charge in [-0.2, -0.15) is 5.26 Å². The number of nitrogens with two attached hydrogens (primary N) is 2. The van der Waals surface area contributed by atoms with Crippen molar-refractivity contribution in [1.82, 2.24) is 4.90 Å². The first-order valence-electron chi connectivity index (χ1n) is 5.58. The maximum atomic E-state index is 12.2. The van der Waals surface area contributed by atoms with Gasteiger partial charge in [0.2, 0.25) is 17.7 Å². The monoisotopic (exact) mass is 252 g/mol. The molecule has 0 spiro atoms. The van der Waals surface area contributed by atoms with Gasteiger partial charge in [0.25, 0.3) is 0 Å². The zero-order valence-electron chi connectivity index (χ0n) is 10.2. The second kappa shape index (κ2) is 5.04. The van der Waals surface area contributed by atoms with Crippen molar-refractivity contribution in [3.8, 4) is 6.07 Å². The third kappa shape index (κ3) is 2.77. The summed E-state index contributed by atoms with van der Waals surface area (Å²) < 4.78 is 0. The Bertz CT molecular complexity index is 404. The molecule has 0 heterocycles. The highest BCUT2D eigenvalue weighted by molar-refractivity contribution is 5.93. The van der Waals surface area contributed by atoms with Crippen LogP contribution in [0.25, 0.3) is 0 Å². The summed E-state index contributed by atoms with van der Waals surface area (Å²) in [6.45, 7) is 1.12. The SMILES string of the molecule is CC1CC(C#N)(C(=O)N(CC(N)=O)CC(N)=O)C1. The van der Waals surface area contributed by atoms with Crippen LogP contribution in [0.1, 0.15) is 19.8 Å². The molecule has 1 aliphatic carbocycles. The molecule has 0 saturated heterocycles. The standard InChI is InChI=1S/C11H16N4O3/c1-7-2-11(3-7,6-12)10(18)15(4-8(13)16)5-9(14)17/h7H,2-5H2,1H3,(H2,13,16)(H2,14,17). The third-order valence-corrected chi connectivity index (χ3v) is 3.00. The maximum absolute atomic E-state index is 12.2. The van der Waals surface area contributed by atoms with Crippen molar-refractivity contribution in [2.24, 2.45) is 22.8 Å². The lowest BCUT2D eigenvalue weighted by atomic mass is 9.62. The Morgan fingerprint density at radius 2 is 1.72 bits per heavy atom. The van der Waals surface area contributed by atoms with E-state index in [1.165, 1.54) is 0 Å². The molecule has 7 nitrogen and oxygen atoms in total. The molecule has 3 amide bonds. The van der Waals surface area contributed by atoms with Gasteiger partial charge in [0.05, 0.1) is 19.2 Å². The minimum atomic E-state index is -1.13. The summed E-state index contributed by atoms with van der Waals surface area (Å²) in [5.74, 6) is -1.76. The largest absolute Gasteiger partial charge is 0.368 e. The summed E-state index contributed by atoms with van der Waals surface area (Å²) in [7, 11) is 0. The summed E-state index contributed by atoms with van der Waals surface area (Å²) >= 11 is 0. The van der Waals surface area contributed by atoms with Crippen molar-refractivity contribution >= 4 is 17.7 Å². The topological polar surface area (TPSA) is 130 Å². The van der Waals surface area contributed by atoms with Crippen molar-refractivity contribution in [3.63, 3.8) is 0 Å². The van der Waals surface area contributed by atoms with E-state index in [0.29, 0.717) is 12.8 Å². The number of nitriles is 1. The van der Waals surface area contributed by atoms with Crippen molar-refractivity contribution in [1.29, 1.82) is 5.26 Å². The number of hydrogen-bond acceptors (Lipinski definition) is 4. The molecule has 1 rings (SSSR count). The normalized spacial score (nSPS) is 25.7. The number of hydrogen-bond donors (Lipinski definition) is 2. The molecule has 7 heteroatoms. The van der Waals surface area contributed by atoms with Crippen LogP contribution in [0.15, 0.2) is 0 Å². The van der Waals surface area contributed by atoms with Gasteiger partial charge < -0.3 is 16.4 Å². The molecular formula is C11H16N4O3. The van der Waals surface area contributed by atoms with Gasteiger partial charge in [0.1, 0.15) is 5.41 Å². The van der Waals surface area contributed by atoms with Crippen LogP contribution in [-0.2, 0) is 14.4 Å². The van der Waals surface area contributed by atoms with Gasteiger partial charge in [0.15, 0.2) is 0 Å². The van der Waals surface area contributed by atoms with Gasteiger partial charge in [-0.15, -0.1) is 0 Å². The Kier molecular flexibility index (Phi) is 3.91. The summed E-state index contributed by atoms with van der Waals surface area (Å²) in [6.07, 6.45) is 0.854. The first-order chi connectivity index (χ1) is 8.30. The van der Waals surface area contributed by atoms with Crippen LogP contribution in [0.4, 0.5) is 0 Å². The van der Waals surface area contributed by atoms with Gasteiger partial charge in [-0.25, -0.2) is 0 Å². The predicted octanol–water partition coefficient (Wildman–Crippen LogP) is -1.27. The average Bonchev–Trinajstić information content (AvgIpc) is 2.21. The third-order valence-electron chi connectivity index (χ3n) is 3.00. The highest BCUT2D eigenvalue weighted by atomic mass is 16.2. The quantitative estimate of drug-likeness (QED) is 0.631. The van der Waals surface area contributed by atoms with E-state index in [2.05, 4.69) is 0 Å². The smallest absolute Gasteiger partial charge is 0.244 e. The first-order valence-corrected chi connectivity index (χ1v) is 5.58. The summed E-state index contributed by atoms with van der Waals surface area (Å²) in [6, 6.07) is 1.98. The molecule has 0 aliphatic heterocycles. The fourth-order valence-corrected chi connectivity index (χ4v) is 2.32. The van der Waals surface area contributed by atoms with Crippen molar-refractivity contribution in [2.45, 2.75) is 19.8 Å². The van der Waals surface area contributed by atoms with Crippen LogP contribution >= 0.6 is 0 Å². The lowest BCUT2D eigenvalue weighted by Gasteiger charge is -2.41. The van der Waals surface area contributed by atoms with Crippen LogP contribution in [-0.4, -0.2) is 35.7 Å². The van der Waals surface area contributed by atoms with Gasteiger partial charge in [0, 0.05) is 0 Å². The van der Waals surface area contributed by atoms with Crippen molar-refractivity contribution < 1.29 is 14.4 Å². The maximum Gasteiger partial charge on any atom is 0.244 e. The lowest BCUT2D eigenvalue weighted by molar-refractivity contribution is -0.149. The molecule has 4 N–H and O–H groups in total. The van der Waals surface area contributed by atoms with Gasteiger partial charge in [-0.05, 0) is 18.8 Å². The number of nitrogens with zero attached hydrogens (tertiary/aromatic N) is 2. The molecule has 0 radical (unpaired) electrons. The Morgan fingerprint density at radius 3 is 2.00 bits per heavy atom. The highest BCUT2D eigenvalue weighted by Crippen LogP contribution is 2.46. The van der Waals surface area contributed by atoms with E-state index in [-0.39, 0.29) is 5.92 Å². The van der Waals surface area contributed by atoms with E-state index in [1.54, 1.807) is 0 Å². The second-order valence-corrected chi connectivity index (χ2v) is 4.80. The van der Waals surface area contributed by atoms with Crippen molar-refractivity contribution in [2.75, 3.05) is 13.1 Å². The zero-order valence-corrected chi connectivity index (χ0v) is 10.2. The Labute approximate surface area is 105 Å². The zero-order chi connectivity index (χ0) is 13.9. The minimum absolute atomic E-state index is 0.276. The van der Waals surface area contributed by atoms with Gasteiger partial charge in [-0.1, -0.05) is 6.92 Å². The number of primary amides is 2. The molecule has 18 heavy (non-hydrogen) atoms. The average molecular weight is 252 g/mol. The molecule has 0 aromatic carbocycles. The summed E-state index contributed by atoms with van der Waals surface area (Å²) in [4.78, 5) is 34.9. The lowest BCUT2D eigenvalue weighted by Crippen LogP contribution is -2.53. The van der Waals surface area contributed by atoms with Crippen LogP contribution < -0.4 is 11.5 Å². The second-order valence-electron chi connectivity index (χ2n) is 4.80. The predicted molar refractivity (Wildman–Crippen MR) is 61.4 cm³/mol. The minimum Gasteiger partial charge on any atom is -0.368 e.